The second-order valence-electron chi connectivity index (χ2n) is 4.91. The topological polar surface area (TPSA) is 23.8 Å². The molecule has 0 N–H and O–H groups in total. The summed E-state index contributed by atoms with van der Waals surface area (Å²) in [6.07, 6.45) is 6.00. The Kier molecular flexibility index (Phi) is 4.45. The molecule has 0 spiro atoms. The van der Waals surface area contributed by atoms with Crippen LogP contribution < -0.4 is 0 Å². The fourth-order valence-corrected chi connectivity index (χ4v) is 3.11. The van der Waals surface area contributed by atoms with E-state index in [1.165, 1.54) is 25.7 Å². The minimum atomic E-state index is 0.683. The van der Waals surface area contributed by atoms with Gasteiger partial charge in [0.1, 0.15) is 0 Å². The van der Waals surface area contributed by atoms with Gasteiger partial charge in [0.05, 0.1) is 6.07 Å². The first kappa shape index (κ1) is 11.6. The summed E-state index contributed by atoms with van der Waals surface area (Å²) in [7, 11) is 0. The van der Waals surface area contributed by atoms with Crippen LogP contribution in [0.25, 0.3) is 0 Å². The van der Waals surface area contributed by atoms with E-state index >= 15 is 0 Å². The summed E-state index contributed by atoms with van der Waals surface area (Å²) in [5.41, 5.74) is 0. The summed E-state index contributed by atoms with van der Waals surface area (Å²) in [6, 6.07) is 2.36. The second kappa shape index (κ2) is 5.39. The molecule has 0 saturated heterocycles. The fraction of sp³-hybridized carbons (Fsp3) is 0.923. The van der Waals surface area contributed by atoms with Crippen molar-refractivity contribution in [3.8, 4) is 6.07 Å². The van der Waals surface area contributed by atoms with Gasteiger partial charge in [-0.15, -0.1) is 0 Å². The average Bonchev–Trinajstić information content (AvgIpc) is 2.19. The molecule has 80 valence electrons. The van der Waals surface area contributed by atoms with Crippen molar-refractivity contribution in [2.24, 2.45) is 23.7 Å². The maximum absolute atomic E-state index is 8.79. The molecule has 0 amide bonds. The van der Waals surface area contributed by atoms with Gasteiger partial charge in [0, 0.05) is 6.42 Å². The maximum atomic E-state index is 8.79. The summed E-state index contributed by atoms with van der Waals surface area (Å²) in [4.78, 5) is 0. The molecule has 1 heteroatoms. The molecule has 0 radical (unpaired) electrons. The Bertz CT molecular complexity index is 204. The molecule has 0 heterocycles. The molecule has 4 unspecified atom stereocenters. The Morgan fingerprint density at radius 3 is 2.21 bits per heavy atom. The third-order valence-electron chi connectivity index (χ3n) is 4.15. The van der Waals surface area contributed by atoms with Gasteiger partial charge >= 0.3 is 0 Å². The predicted molar refractivity (Wildman–Crippen MR) is 59.7 cm³/mol. The van der Waals surface area contributed by atoms with Crippen LogP contribution in [0.3, 0.4) is 0 Å². The van der Waals surface area contributed by atoms with Crippen LogP contribution in [0.2, 0.25) is 0 Å². The molecule has 1 aliphatic rings. The first-order valence-electron chi connectivity index (χ1n) is 6.09. The van der Waals surface area contributed by atoms with Crippen molar-refractivity contribution in [2.75, 3.05) is 0 Å². The Morgan fingerprint density at radius 2 is 1.71 bits per heavy atom. The van der Waals surface area contributed by atoms with Crippen molar-refractivity contribution in [3.05, 3.63) is 0 Å². The van der Waals surface area contributed by atoms with Crippen LogP contribution in [0, 0.1) is 35.0 Å². The molecular weight excluding hydrogens is 170 g/mol. The monoisotopic (exact) mass is 193 g/mol. The molecule has 14 heavy (non-hydrogen) atoms. The van der Waals surface area contributed by atoms with Gasteiger partial charge in [-0.3, -0.25) is 0 Å². The molecule has 1 nitrogen and oxygen atoms in total. The van der Waals surface area contributed by atoms with Crippen molar-refractivity contribution >= 4 is 0 Å². The molecule has 0 aromatic carbocycles. The SMILES string of the molecule is CCC1CC(CC)C(CC#N)CC1C. The van der Waals surface area contributed by atoms with Crippen LogP contribution in [-0.2, 0) is 0 Å². The Balaban J connectivity index is 2.58. The minimum Gasteiger partial charge on any atom is -0.198 e. The van der Waals surface area contributed by atoms with E-state index in [9.17, 15) is 0 Å². The molecular formula is C13H23N. The second-order valence-corrected chi connectivity index (χ2v) is 4.91. The third-order valence-corrected chi connectivity index (χ3v) is 4.15. The lowest BCUT2D eigenvalue weighted by Crippen LogP contribution is -2.29. The molecule has 1 rings (SSSR count). The summed E-state index contributed by atoms with van der Waals surface area (Å²) in [5, 5.41) is 8.79. The van der Waals surface area contributed by atoms with Crippen LogP contribution in [0.5, 0.6) is 0 Å². The van der Waals surface area contributed by atoms with Crippen LogP contribution >= 0.6 is 0 Å². The molecule has 1 aliphatic carbocycles. The summed E-state index contributed by atoms with van der Waals surface area (Å²) >= 11 is 0. The zero-order valence-electron chi connectivity index (χ0n) is 9.79. The lowest BCUT2D eigenvalue weighted by molar-refractivity contribution is 0.118. The highest BCUT2D eigenvalue weighted by atomic mass is 14.4. The van der Waals surface area contributed by atoms with Crippen LogP contribution in [0.4, 0.5) is 0 Å². The number of nitriles is 1. The first-order valence-corrected chi connectivity index (χ1v) is 6.09. The number of hydrogen-bond acceptors (Lipinski definition) is 1. The smallest absolute Gasteiger partial charge is 0.0624 e. The van der Waals surface area contributed by atoms with Crippen molar-refractivity contribution < 1.29 is 0 Å². The molecule has 4 atom stereocenters. The number of rotatable bonds is 3. The molecule has 0 aromatic rings. The van der Waals surface area contributed by atoms with Gasteiger partial charge < -0.3 is 0 Å². The largest absolute Gasteiger partial charge is 0.198 e. The van der Waals surface area contributed by atoms with E-state index in [0.29, 0.717) is 5.92 Å². The normalized spacial score (nSPS) is 37.9. The lowest BCUT2D eigenvalue weighted by atomic mass is 9.66. The van der Waals surface area contributed by atoms with Crippen molar-refractivity contribution in [2.45, 2.75) is 52.9 Å². The quantitative estimate of drug-likeness (QED) is 0.664. The van der Waals surface area contributed by atoms with Crippen LogP contribution in [0.1, 0.15) is 52.9 Å². The number of nitrogens with zero attached hydrogens (tertiary/aromatic N) is 1. The fourth-order valence-electron chi connectivity index (χ4n) is 3.11. The Labute approximate surface area is 88.5 Å². The zero-order valence-corrected chi connectivity index (χ0v) is 9.79. The van der Waals surface area contributed by atoms with Gasteiger partial charge in [0.25, 0.3) is 0 Å². The van der Waals surface area contributed by atoms with E-state index in [0.717, 1.165) is 24.2 Å². The molecule has 1 fully saturated rings. The van der Waals surface area contributed by atoms with E-state index in [1.807, 2.05) is 0 Å². The molecule has 0 aromatic heterocycles. The van der Waals surface area contributed by atoms with Crippen molar-refractivity contribution in [1.82, 2.24) is 0 Å². The van der Waals surface area contributed by atoms with E-state index in [1.54, 1.807) is 0 Å². The van der Waals surface area contributed by atoms with Gasteiger partial charge in [-0.05, 0) is 36.5 Å². The minimum absolute atomic E-state index is 0.683. The van der Waals surface area contributed by atoms with Gasteiger partial charge in [0.2, 0.25) is 0 Å². The van der Waals surface area contributed by atoms with Gasteiger partial charge in [-0.2, -0.15) is 5.26 Å². The maximum Gasteiger partial charge on any atom is 0.0624 e. The third kappa shape index (κ3) is 2.50. The summed E-state index contributed by atoms with van der Waals surface area (Å²) < 4.78 is 0. The zero-order chi connectivity index (χ0) is 10.6. The van der Waals surface area contributed by atoms with Crippen LogP contribution in [-0.4, -0.2) is 0 Å². The lowest BCUT2D eigenvalue weighted by Gasteiger charge is -2.39. The van der Waals surface area contributed by atoms with E-state index in [4.69, 9.17) is 5.26 Å². The molecule has 1 saturated carbocycles. The van der Waals surface area contributed by atoms with Crippen molar-refractivity contribution in [1.29, 1.82) is 5.26 Å². The highest BCUT2D eigenvalue weighted by Crippen LogP contribution is 2.41. The van der Waals surface area contributed by atoms with E-state index in [-0.39, 0.29) is 0 Å². The predicted octanol–water partition coefficient (Wildman–Crippen LogP) is 4.00. The van der Waals surface area contributed by atoms with E-state index < -0.39 is 0 Å². The first-order chi connectivity index (χ1) is 6.72. The number of hydrogen-bond donors (Lipinski definition) is 0. The molecule has 0 bridgehead atoms. The Hall–Kier alpha value is -0.510. The standard InChI is InChI=1S/C13H23N/c1-4-11-9-12(5-2)13(6-7-14)8-10(11)3/h10-13H,4-6,8-9H2,1-3H3. The average molecular weight is 193 g/mol. The Morgan fingerprint density at radius 1 is 1.07 bits per heavy atom. The van der Waals surface area contributed by atoms with Crippen molar-refractivity contribution in [3.63, 3.8) is 0 Å². The summed E-state index contributed by atoms with van der Waals surface area (Å²) in [5.74, 6) is 3.25. The van der Waals surface area contributed by atoms with E-state index in [2.05, 4.69) is 26.8 Å². The summed E-state index contributed by atoms with van der Waals surface area (Å²) in [6.45, 7) is 6.95. The highest BCUT2D eigenvalue weighted by molar-refractivity contribution is 4.87. The highest BCUT2D eigenvalue weighted by Gasteiger charge is 2.32. The molecule has 0 aliphatic heterocycles. The van der Waals surface area contributed by atoms with Gasteiger partial charge in [0.15, 0.2) is 0 Å². The van der Waals surface area contributed by atoms with Gasteiger partial charge in [-0.1, -0.05) is 33.6 Å². The van der Waals surface area contributed by atoms with Gasteiger partial charge in [-0.25, -0.2) is 0 Å². The van der Waals surface area contributed by atoms with Crippen LogP contribution in [0.15, 0.2) is 0 Å².